The van der Waals surface area contributed by atoms with Gasteiger partial charge in [0.05, 0.1) is 11.4 Å². The minimum absolute atomic E-state index is 0.100. The SMILES string of the molecule is O=C(Nc1cc(O)c(O)c(O)c1)Nc1cccc2c(O)cccc12. The third-order valence-electron chi connectivity index (χ3n) is 3.47. The lowest BCUT2D eigenvalue weighted by atomic mass is 10.1. The number of phenols is 4. The van der Waals surface area contributed by atoms with Gasteiger partial charge in [-0.1, -0.05) is 24.3 Å². The van der Waals surface area contributed by atoms with Gasteiger partial charge in [0.1, 0.15) is 5.75 Å². The molecule has 0 saturated heterocycles. The first-order valence-electron chi connectivity index (χ1n) is 6.99. The second kappa shape index (κ2) is 5.88. The Morgan fingerprint density at radius 3 is 2.08 bits per heavy atom. The number of carbonyl (C=O) groups is 1. The van der Waals surface area contributed by atoms with Gasteiger partial charge in [-0.05, 0) is 12.1 Å². The van der Waals surface area contributed by atoms with Crippen molar-refractivity contribution in [2.24, 2.45) is 0 Å². The van der Waals surface area contributed by atoms with Crippen LogP contribution in [0.25, 0.3) is 10.8 Å². The maximum atomic E-state index is 12.1. The predicted octanol–water partition coefficient (Wildman–Crippen LogP) is 3.31. The van der Waals surface area contributed by atoms with Gasteiger partial charge in [0.2, 0.25) is 0 Å². The van der Waals surface area contributed by atoms with Crippen molar-refractivity contribution >= 4 is 28.2 Å². The van der Waals surface area contributed by atoms with Gasteiger partial charge >= 0.3 is 6.03 Å². The number of carbonyl (C=O) groups excluding carboxylic acids is 1. The number of hydrogen-bond acceptors (Lipinski definition) is 5. The summed E-state index contributed by atoms with van der Waals surface area (Å²) in [5.41, 5.74) is 0.580. The fourth-order valence-electron chi connectivity index (χ4n) is 2.36. The second-order valence-electron chi connectivity index (χ2n) is 5.12. The number of anilines is 2. The third kappa shape index (κ3) is 2.82. The number of rotatable bonds is 2. The van der Waals surface area contributed by atoms with E-state index in [9.17, 15) is 25.2 Å². The molecule has 0 spiro atoms. The molecule has 6 N–H and O–H groups in total. The number of aromatic hydroxyl groups is 4. The molecule has 2 amide bonds. The fraction of sp³-hybridized carbons (Fsp3) is 0. The van der Waals surface area contributed by atoms with E-state index in [2.05, 4.69) is 10.6 Å². The highest BCUT2D eigenvalue weighted by Gasteiger charge is 2.11. The van der Waals surface area contributed by atoms with E-state index < -0.39 is 23.3 Å². The monoisotopic (exact) mass is 326 g/mol. The first kappa shape index (κ1) is 15.3. The number of nitrogens with one attached hydrogen (secondary N) is 2. The largest absolute Gasteiger partial charge is 0.507 e. The molecule has 0 heterocycles. The van der Waals surface area contributed by atoms with Crippen molar-refractivity contribution in [1.82, 2.24) is 0 Å². The van der Waals surface area contributed by atoms with Crippen LogP contribution in [0.3, 0.4) is 0 Å². The van der Waals surface area contributed by atoms with Crippen LogP contribution >= 0.6 is 0 Å². The van der Waals surface area contributed by atoms with Crippen molar-refractivity contribution in [3.8, 4) is 23.0 Å². The number of fused-ring (bicyclic) bond motifs is 1. The number of hydrogen-bond donors (Lipinski definition) is 6. The van der Waals surface area contributed by atoms with E-state index in [1.54, 1.807) is 36.4 Å². The summed E-state index contributed by atoms with van der Waals surface area (Å²) in [5.74, 6) is -1.67. The van der Waals surface area contributed by atoms with E-state index in [1.165, 1.54) is 0 Å². The predicted molar refractivity (Wildman–Crippen MR) is 89.7 cm³/mol. The lowest BCUT2D eigenvalue weighted by Crippen LogP contribution is -2.19. The Morgan fingerprint density at radius 1 is 0.750 bits per heavy atom. The summed E-state index contributed by atoms with van der Waals surface area (Å²) in [4.78, 5) is 12.1. The highest BCUT2D eigenvalue weighted by atomic mass is 16.3. The molecule has 0 aliphatic rings. The maximum Gasteiger partial charge on any atom is 0.323 e. The molecular weight excluding hydrogens is 312 g/mol. The Kier molecular flexibility index (Phi) is 3.75. The summed E-state index contributed by atoms with van der Waals surface area (Å²) in [6, 6.07) is 11.6. The van der Waals surface area contributed by atoms with Crippen LogP contribution in [0.2, 0.25) is 0 Å². The smallest absolute Gasteiger partial charge is 0.323 e. The molecule has 0 radical (unpaired) electrons. The minimum atomic E-state index is -0.662. The third-order valence-corrected chi connectivity index (χ3v) is 3.47. The summed E-state index contributed by atoms with van der Waals surface area (Å²) in [7, 11) is 0. The highest BCUT2D eigenvalue weighted by molar-refractivity contribution is 6.07. The molecule has 0 aromatic heterocycles. The highest BCUT2D eigenvalue weighted by Crippen LogP contribution is 2.37. The molecule has 0 atom stereocenters. The lowest BCUT2D eigenvalue weighted by molar-refractivity contribution is 0.262. The Labute approximate surface area is 136 Å². The standard InChI is InChI=1S/C17H14N2O5/c20-13-6-2-3-10-11(13)4-1-5-12(10)19-17(24)18-9-7-14(21)16(23)15(22)8-9/h1-8,20-23H,(H2,18,19,24). The first-order valence-corrected chi connectivity index (χ1v) is 6.99. The fourth-order valence-corrected chi connectivity index (χ4v) is 2.36. The minimum Gasteiger partial charge on any atom is -0.507 e. The van der Waals surface area contributed by atoms with Crippen LogP contribution in [0.5, 0.6) is 23.0 Å². The summed E-state index contributed by atoms with van der Waals surface area (Å²) < 4.78 is 0. The zero-order valence-corrected chi connectivity index (χ0v) is 12.3. The van der Waals surface area contributed by atoms with Crippen molar-refractivity contribution in [2.75, 3.05) is 10.6 Å². The number of phenolic OH excluding ortho intramolecular Hbond substituents is 4. The molecule has 7 nitrogen and oxygen atoms in total. The van der Waals surface area contributed by atoms with Crippen LogP contribution < -0.4 is 10.6 Å². The van der Waals surface area contributed by atoms with Crippen molar-refractivity contribution in [3.63, 3.8) is 0 Å². The Balaban J connectivity index is 1.85. The van der Waals surface area contributed by atoms with Crippen LogP contribution in [0.15, 0.2) is 48.5 Å². The Morgan fingerprint density at radius 2 is 1.38 bits per heavy atom. The van der Waals surface area contributed by atoms with Gasteiger partial charge in [-0.15, -0.1) is 0 Å². The molecular formula is C17H14N2O5. The molecule has 122 valence electrons. The van der Waals surface area contributed by atoms with Gasteiger partial charge in [-0.3, -0.25) is 0 Å². The van der Waals surface area contributed by atoms with Crippen molar-refractivity contribution < 1.29 is 25.2 Å². The molecule has 7 heteroatoms. The second-order valence-corrected chi connectivity index (χ2v) is 5.12. The summed E-state index contributed by atoms with van der Waals surface area (Å²) >= 11 is 0. The number of amides is 2. The van der Waals surface area contributed by atoms with Gasteiger partial charge < -0.3 is 31.1 Å². The molecule has 0 unspecified atom stereocenters. The molecule has 0 aliphatic carbocycles. The zero-order valence-electron chi connectivity index (χ0n) is 12.3. The van der Waals surface area contributed by atoms with Crippen molar-refractivity contribution in [2.45, 2.75) is 0 Å². The van der Waals surface area contributed by atoms with Gasteiger partial charge in [0.15, 0.2) is 17.2 Å². The van der Waals surface area contributed by atoms with E-state index in [0.717, 1.165) is 12.1 Å². The Hall–Kier alpha value is -3.61. The van der Waals surface area contributed by atoms with Gasteiger partial charge in [0.25, 0.3) is 0 Å². The Bertz CT molecular complexity index is 916. The summed E-state index contributed by atoms with van der Waals surface area (Å²) in [6.07, 6.45) is 0. The molecule has 0 bridgehead atoms. The van der Waals surface area contributed by atoms with Crippen LogP contribution in [0, 0.1) is 0 Å². The number of benzene rings is 3. The van der Waals surface area contributed by atoms with Crippen LogP contribution in [-0.2, 0) is 0 Å². The van der Waals surface area contributed by atoms with Crippen LogP contribution in [-0.4, -0.2) is 26.5 Å². The lowest BCUT2D eigenvalue weighted by Gasteiger charge is -2.11. The van der Waals surface area contributed by atoms with Gasteiger partial charge in [0, 0.05) is 22.9 Å². The average Bonchev–Trinajstić information content (AvgIpc) is 2.53. The van der Waals surface area contributed by atoms with E-state index in [-0.39, 0.29) is 11.4 Å². The van der Waals surface area contributed by atoms with E-state index in [1.807, 2.05) is 0 Å². The van der Waals surface area contributed by atoms with Crippen LogP contribution in [0.4, 0.5) is 16.2 Å². The summed E-state index contributed by atoms with van der Waals surface area (Å²) in [5, 5.41) is 44.3. The molecule has 0 aliphatic heterocycles. The molecule has 24 heavy (non-hydrogen) atoms. The first-order chi connectivity index (χ1) is 11.5. The zero-order chi connectivity index (χ0) is 17.3. The molecule has 3 aromatic carbocycles. The van der Waals surface area contributed by atoms with Crippen LogP contribution in [0.1, 0.15) is 0 Å². The van der Waals surface area contributed by atoms with Gasteiger partial charge in [-0.2, -0.15) is 0 Å². The molecule has 3 rings (SSSR count). The van der Waals surface area contributed by atoms with E-state index in [4.69, 9.17) is 0 Å². The van der Waals surface area contributed by atoms with E-state index >= 15 is 0 Å². The average molecular weight is 326 g/mol. The maximum absolute atomic E-state index is 12.1. The van der Waals surface area contributed by atoms with Crippen molar-refractivity contribution in [3.05, 3.63) is 48.5 Å². The van der Waals surface area contributed by atoms with Crippen molar-refractivity contribution in [1.29, 1.82) is 0 Å². The molecule has 3 aromatic rings. The number of urea groups is 1. The molecule has 0 saturated carbocycles. The topological polar surface area (TPSA) is 122 Å². The normalized spacial score (nSPS) is 10.5. The quantitative estimate of drug-likeness (QED) is 0.319. The van der Waals surface area contributed by atoms with Gasteiger partial charge in [-0.25, -0.2) is 4.79 Å². The molecule has 0 fully saturated rings. The summed E-state index contributed by atoms with van der Waals surface area (Å²) in [6.45, 7) is 0. The van der Waals surface area contributed by atoms with E-state index in [0.29, 0.717) is 16.5 Å².